The number of primary amides is 1. The first-order chi connectivity index (χ1) is 7.39. The van der Waals surface area contributed by atoms with Crippen LogP contribution in [0.25, 0.3) is 10.9 Å². The number of H-pyrrole nitrogens is 1. The lowest BCUT2D eigenvalue weighted by Crippen LogP contribution is -2.28. The largest absolute Gasteiger partial charge is 0.366 e. The summed E-state index contributed by atoms with van der Waals surface area (Å²) in [5.74, 6) is -0.427. The molecule has 4 heteroatoms. The minimum Gasteiger partial charge on any atom is -0.366 e. The topological polar surface area (TPSA) is 84.9 Å². The summed E-state index contributed by atoms with van der Waals surface area (Å²) in [4.78, 5) is 14.2. The van der Waals surface area contributed by atoms with Gasteiger partial charge in [0, 0.05) is 28.2 Å². The fourth-order valence-electron chi connectivity index (χ4n) is 1.81. The Balaban J connectivity index is 2.70. The first-order valence-electron chi connectivity index (χ1n) is 5.10. The maximum Gasteiger partial charge on any atom is 0.248 e. The number of carbonyl (C=O) groups is 1. The van der Waals surface area contributed by atoms with Crippen molar-refractivity contribution in [2.24, 2.45) is 11.5 Å². The van der Waals surface area contributed by atoms with Crippen molar-refractivity contribution < 1.29 is 4.79 Å². The molecule has 0 aliphatic carbocycles. The minimum absolute atomic E-state index is 0.427. The van der Waals surface area contributed by atoms with E-state index < -0.39 is 11.4 Å². The van der Waals surface area contributed by atoms with Crippen LogP contribution < -0.4 is 11.5 Å². The Labute approximate surface area is 93.6 Å². The molecule has 0 saturated carbocycles. The van der Waals surface area contributed by atoms with Crippen LogP contribution >= 0.6 is 0 Å². The summed E-state index contributed by atoms with van der Waals surface area (Å²) in [5, 5.41) is 0.948. The molecule has 0 aliphatic rings. The van der Waals surface area contributed by atoms with Gasteiger partial charge in [0.05, 0.1) is 0 Å². The molecule has 84 valence electrons. The summed E-state index contributed by atoms with van der Waals surface area (Å²) in [6, 6.07) is 5.32. The Morgan fingerprint density at radius 1 is 1.38 bits per heavy atom. The number of amides is 1. The second-order valence-electron chi connectivity index (χ2n) is 4.55. The molecule has 1 aromatic carbocycles. The number of nitrogens with one attached hydrogen (secondary N) is 1. The molecule has 0 spiro atoms. The average molecular weight is 217 g/mol. The molecule has 0 radical (unpaired) electrons. The Bertz CT molecular complexity index is 549. The van der Waals surface area contributed by atoms with Gasteiger partial charge in [-0.25, -0.2) is 0 Å². The first kappa shape index (κ1) is 10.7. The Hall–Kier alpha value is -1.81. The SMILES string of the molecule is CC(C)(N)c1c[nH]c2ccc(C(N)=O)cc12. The average Bonchev–Trinajstić information content (AvgIpc) is 2.58. The van der Waals surface area contributed by atoms with Crippen LogP contribution in [0.2, 0.25) is 0 Å². The molecular formula is C12H15N3O. The monoisotopic (exact) mass is 217 g/mol. The fourth-order valence-corrected chi connectivity index (χ4v) is 1.81. The lowest BCUT2D eigenvalue weighted by molar-refractivity contribution is 0.100. The predicted molar refractivity (Wildman–Crippen MR) is 64.0 cm³/mol. The molecule has 2 rings (SSSR count). The first-order valence-corrected chi connectivity index (χ1v) is 5.10. The number of rotatable bonds is 2. The standard InChI is InChI=1S/C12H15N3O/c1-12(2,14)9-6-15-10-4-3-7(11(13)16)5-8(9)10/h3-6,15H,14H2,1-2H3,(H2,13,16). The molecule has 0 unspecified atom stereocenters. The number of benzene rings is 1. The van der Waals surface area contributed by atoms with Crippen LogP contribution in [0.1, 0.15) is 29.8 Å². The van der Waals surface area contributed by atoms with Gasteiger partial charge in [-0.15, -0.1) is 0 Å². The van der Waals surface area contributed by atoms with E-state index in [2.05, 4.69) is 4.98 Å². The van der Waals surface area contributed by atoms with E-state index in [1.807, 2.05) is 26.1 Å². The zero-order valence-electron chi connectivity index (χ0n) is 9.37. The molecule has 1 amide bonds. The van der Waals surface area contributed by atoms with Crippen molar-refractivity contribution in [1.82, 2.24) is 4.98 Å². The molecular weight excluding hydrogens is 202 g/mol. The molecule has 0 aliphatic heterocycles. The summed E-state index contributed by atoms with van der Waals surface area (Å²) in [7, 11) is 0. The number of aromatic amines is 1. The van der Waals surface area contributed by atoms with Crippen LogP contribution in [0.3, 0.4) is 0 Å². The molecule has 2 aromatic rings. The van der Waals surface area contributed by atoms with Gasteiger partial charge in [0.1, 0.15) is 0 Å². The van der Waals surface area contributed by atoms with Gasteiger partial charge in [-0.3, -0.25) is 4.79 Å². The maximum atomic E-state index is 11.1. The molecule has 0 atom stereocenters. The number of hydrogen-bond acceptors (Lipinski definition) is 2. The third-order valence-electron chi connectivity index (χ3n) is 2.66. The second-order valence-corrected chi connectivity index (χ2v) is 4.55. The third kappa shape index (κ3) is 1.67. The van der Waals surface area contributed by atoms with Crippen molar-refractivity contribution in [3.63, 3.8) is 0 Å². The van der Waals surface area contributed by atoms with E-state index in [0.29, 0.717) is 5.56 Å². The molecule has 0 saturated heterocycles. The van der Waals surface area contributed by atoms with E-state index in [1.165, 1.54) is 0 Å². The number of hydrogen-bond donors (Lipinski definition) is 3. The summed E-state index contributed by atoms with van der Waals surface area (Å²) < 4.78 is 0. The predicted octanol–water partition coefficient (Wildman–Crippen LogP) is 1.46. The van der Waals surface area contributed by atoms with Crippen molar-refractivity contribution in [2.75, 3.05) is 0 Å². The maximum absolute atomic E-state index is 11.1. The zero-order chi connectivity index (χ0) is 11.9. The van der Waals surface area contributed by atoms with Crippen molar-refractivity contribution in [3.05, 3.63) is 35.5 Å². The minimum atomic E-state index is -0.450. The van der Waals surface area contributed by atoms with Crippen LogP contribution in [0.4, 0.5) is 0 Å². The lowest BCUT2D eigenvalue weighted by atomic mass is 9.94. The van der Waals surface area contributed by atoms with E-state index in [0.717, 1.165) is 16.5 Å². The summed E-state index contributed by atoms with van der Waals surface area (Å²) >= 11 is 0. The molecule has 5 N–H and O–H groups in total. The van der Waals surface area contributed by atoms with Gasteiger partial charge >= 0.3 is 0 Å². The molecule has 4 nitrogen and oxygen atoms in total. The van der Waals surface area contributed by atoms with E-state index in [4.69, 9.17) is 11.5 Å². The van der Waals surface area contributed by atoms with Gasteiger partial charge in [0.25, 0.3) is 0 Å². The van der Waals surface area contributed by atoms with Gasteiger partial charge in [-0.05, 0) is 37.6 Å². The Morgan fingerprint density at radius 2 is 2.06 bits per heavy atom. The smallest absolute Gasteiger partial charge is 0.248 e. The highest BCUT2D eigenvalue weighted by atomic mass is 16.1. The van der Waals surface area contributed by atoms with Gasteiger partial charge in [0.2, 0.25) is 5.91 Å². The quantitative estimate of drug-likeness (QED) is 0.711. The number of aromatic nitrogens is 1. The van der Waals surface area contributed by atoms with Gasteiger partial charge in [-0.2, -0.15) is 0 Å². The molecule has 16 heavy (non-hydrogen) atoms. The molecule has 1 heterocycles. The van der Waals surface area contributed by atoms with E-state index in [9.17, 15) is 4.79 Å². The van der Waals surface area contributed by atoms with Crippen molar-refractivity contribution in [3.8, 4) is 0 Å². The van der Waals surface area contributed by atoms with Crippen LogP contribution in [-0.4, -0.2) is 10.9 Å². The van der Waals surface area contributed by atoms with Gasteiger partial charge in [0.15, 0.2) is 0 Å². The summed E-state index contributed by atoms with van der Waals surface area (Å²) in [5.41, 5.74) is 13.3. The number of carbonyl (C=O) groups excluding carboxylic acids is 1. The van der Waals surface area contributed by atoms with E-state index >= 15 is 0 Å². The number of fused-ring (bicyclic) bond motifs is 1. The third-order valence-corrected chi connectivity index (χ3v) is 2.66. The van der Waals surface area contributed by atoms with Gasteiger partial charge in [-0.1, -0.05) is 0 Å². The highest BCUT2D eigenvalue weighted by Crippen LogP contribution is 2.27. The van der Waals surface area contributed by atoms with Crippen molar-refractivity contribution in [2.45, 2.75) is 19.4 Å². The van der Waals surface area contributed by atoms with Crippen molar-refractivity contribution in [1.29, 1.82) is 0 Å². The van der Waals surface area contributed by atoms with Crippen LogP contribution in [0, 0.1) is 0 Å². The highest BCUT2D eigenvalue weighted by molar-refractivity contribution is 5.98. The Kier molecular flexibility index (Phi) is 2.24. The zero-order valence-corrected chi connectivity index (χ0v) is 9.37. The lowest BCUT2D eigenvalue weighted by Gasteiger charge is -2.17. The van der Waals surface area contributed by atoms with Crippen molar-refractivity contribution >= 4 is 16.8 Å². The normalized spacial score (nSPS) is 11.9. The molecule has 0 bridgehead atoms. The van der Waals surface area contributed by atoms with Crippen LogP contribution in [0.5, 0.6) is 0 Å². The molecule has 0 fully saturated rings. The Morgan fingerprint density at radius 3 is 2.62 bits per heavy atom. The molecule has 1 aromatic heterocycles. The van der Waals surface area contributed by atoms with E-state index in [1.54, 1.807) is 12.1 Å². The van der Waals surface area contributed by atoms with Crippen LogP contribution in [0.15, 0.2) is 24.4 Å². The fraction of sp³-hybridized carbons (Fsp3) is 0.250. The van der Waals surface area contributed by atoms with Gasteiger partial charge < -0.3 is 16.5 Å². The highest BCUT2D eigenvalue weighted by Gasteiger charge is 2.19. The second kappa shape index (κ2) is 3.35. The van der Waals surface area contributed by atoms with Crippen LogP contribution in [-0.2, 0) is 5.54 Å². The van der Waals surface area contributed by atoms with E-state index in [-0.39, 0.29) is 0 Å². The summed E-state index contributed by atoms with van der Waals surface area (Å²) in [6.45, 7) is 3.85. The number of nitrogens with two attached hydrogens (primary N) is 2. The summed E-state index contributed by atoms with van der Waals surface area (Å²) in [6.07, 6.45) is 1.87.